The Labute approximate surface area is 121 Å². The van der Waals surface area contributed by atoms with Crippen LogP contribution >= 0.6 is 0 Å². The molecular formula is C16H26N2O2. The maximum absolute atomic E-state index is 10.2. The minimum atomic E-state index is 0. The molecule has 0 radical (unpaired) electrons. The molecule has 0 bridgehead atoms. The van der Waals surface area contributed by atoms with E-state index in [0.29, 0.717) is 0 Å². The fourth-order valence-corrected chi connectivity index (χ4v) is 3.64. The Bertz CT molecular complexity index is 332. The number of aliphatic imine (C=N–C) groups is 2. The van der Waals surface area contributed by atoms with Crippen LogP contribution in [0.3, 0.4) is 0 Å². The van der Waals surface area contributed by atoms with Crippen LogP contribution in [0.4, 0.5) is 0 Å². The molecule has 2 rings (SSSR count). The van der Waals surface area contributed by atoms with E-state index in [4.69, 9.17) is 0 Å². The van der Waals surface area contributed by atoms with Crippen molar-refractivity contribution >= 4 is 12.2 Å². The van der Waals surface area contributed by atoms with Crippen LogP contribution in [0.15, 0.2) is 9.98 Å². The summed E-state index contributed by atoms with van der Waals surface area (Å²) in [5.41, 5.74) is 0. The molecule has 0 heterocycles. The maximum atomic E-state index is 10.2. The van der Waals surface area contributed by atoms with Gasteiger partial charge in [-0.3, -0.25) is 0 Å². The second kappa shape index (κ2) is 8.84. The molecule has 0 atom stereocenters. The summed E-state index contributed by atoms with van der Waals surface area (Å²) in [4.78, 5) is 28.1. The Morgan fingerprint density at radius 2 is 1.05 bits per heavy atom. The smallest absolute Gasteiger partial charge is 0.211 e. The molecule has 0 saturated heterocycles. The molecule has 0 aromatic carbocycles. The fourth-order valence-electron chi connectivity index (χ4n) is 3.64. The van der Waals surface area contributed by atoms with Crippen LogP contribution in [0.2, 0.25) is 0 Å². The molecule has 0 aromatic heterocycles. The summed E-state index contributed by atoms with van der Waals surface area (Å²) in [5, 5.41) is 0. The topological polar surface area (TPSA) is 58.9 Å². The molecule has 2 aliphatic rings. The molecular weight excluding hydrogens is 252 g/mol. The predicted octanol–water partition coefficient (Wildman–Crippen LogP) is 3.80. The molecule has 2 saturated carbocycles. The Morgan fingerprint density at radius 3 is 1.35 bits per heavy atom. The molecule has 20 heavy (non-hydrogen) atoms. The molecule has 2 fully saturated rings. The first-order valence-corrected chi connectivity index (χ1v) is 7.45. The van der Waals surface area contributed by atoms with Gasteiger partial charge in [0.05, 0.1) is 12.1 Å². The summed E-state index contributed by atoms with van der Waals surface area (Å²) < 4.78 is 0. The average molecular weight is 278 g/mol. The van der Waals surface area contributed by atoms with Gasteiger partial charge < -0.3 is 0 Å². The Balaban J connectivity index is 0.00000200. The van der Waals surface area contributed by atoms with Crippen LogP contribution in [0.25, 0.3) is 0 Å². The highest BCUT2D eigenvalue weighted by Crippen LogP contribution is 2.36. The van der Waals surface area contributed by atoms with Crippen molar-refractivity contribution in [1.29, 1.82) is 0 Å². The van der Waals surface area contributed by atoms with Gasteiger partial charge in [-0.2, -0.15) is 0 Å². The van der Waals surface area contributed by atoms with E-state index < -0.39 is 0 Å². The zero-order chi connectivity index (χ0) is 13.5. The first kappa shape index (κ1) is 16.8. The number of carbonyl (C=O) groups excluding carboxylic acids is 2. The van der Waals surface area contributed by atoms with Crippen molar-refractivity contribution in [2.45, 2.75) is 77.3 Å². The zero-order valence-electron chi connectivity index (χ0n) is 11.4. The summed E-state index contributed by atoms with van der Waals surface area (Å²) in [6.07, 6.45) is 13.6. The van der Waals surface area contributed by atoms with Crippen LogP contribution in [0.1, 0.15) is 65.2 Å². The van der Waals surface area contributed by atoms with Crippen LogP contribution in [-0.4, -0.2) is 24.2 Å². The van der Waals surface area contributed by atoms with Gasteiger partial charge in [0.2, 0.25) is 12.2 Å². The molecule has 0 unspecified atom stereocenters. The Hall–Kier alpha value is -1.24. The normalized spacial score (nSPS) is 33.2. The van der Waals surface area contributed by atoms with E-state index in [1.807, 2.05) is 0 Å². The lowest BCUT2D eigenvalue weighted by Crippen LogP contribution is -2.23. The number of hydrogen-bond donors (Lipinski definition) is 0. The van der Waals surface area contributed by atoms with E-state index in [9.17, 15) is 9.59 Å². The fraction of sp³-hybridized carbons (Fsp3) is 0.875. The van der Waals surface area contributed by atoms with Crippen molar-refractivity contribution in [3.05, 3.63) is 0 Å². The predicted molar refractivity (Wildman–Crippen MR) is 79.1 cm³/mol. The Morgan fingerprint density at radius 1 is 0.700 bits per heavy atom. The summed E-state index contributed by atoms with van der Waals surface area (Å²) >= 11 is 0. The molecule has 0 aliphatic heterocycles. The molecule has 0 spiro atoms. The zero-order valence-corrected chi connectivity index (χ0v) is 11.4. The SMILES string of the molecule is C.O=C=NC1CCC(CC2CCC(N=C=O)CC2)CC1. The largest absolute Gasteiger partial charge is 0.235 e. The van der Waals surface area contributed by atoms with Crippen molar-refractivity contribution in [2.75, 3.05) is 0 Å². The standard InChI is InChI=1S/C15H22N2O2.CH4/c18-10-16-14-5-1-12(2-6-14)9-13-3-7-15(8-4-13)17-11-19;/h12-15H,1-9H2;1H4. The van der Waals surface area contributed by atoms with E-state index in [1.54, 1.807) is 12.2 Å². The first-order chi connectivity index (χ1) is 9.31. The summed E-state index contributed by atoms with van der Waals surface area (Å²) in [7, 11) is 0. The summed E-state index contributed by atoms with van der Waals surface area (Å²) in [5.74, 6) is 1.60. The highest BCUT2D eigenvalue weighted by atomic mass is 16.1. The average Bonchev–Trinajstić information content (AvgIpc) is 2.44. The molecule has 4 nitrogen and oxygen atoms in total. The summed E-state index contributed by atoms with van der Waals surface area (Å²) in [6.45, 7) is 0. The van der Waals surface area contributed by atoms with E-state index in [0.717, 1.165) is 37.5 Å². The number of isocyanates is 2. The van der Waals surface area contributed by atoms with Gasteiger partial charge in [0.25, 0.3) is 0 Å². The Kier molecular flexibility index (Phi) is 7.43. The van der Waals surface area contributed by atoms with Crippen molar-refractivity contribution in [3.63, 3.8) is 0 Å². The van der Waals surface area contributed by atoms with Crippen molar-refractivity contribution in [1.82, 2.24) is 0 Å². The maximum Gasteiger partial charge on any atom is 0.235 e. The van der Waals surface area contributed by atoms with E-state index in [1.165, 1.54) is 32.1 Å². The molecule has 0 aromatic rings. The van der Waals surface area contributed by atoms with Gasteiger partial charge >= 0.3 is 0 Å². The summed E-state index contributed by atoms with van der Waals surface area (Å²) in [6, 6.07) is 0.456. The minimum absolute atomic E-state index is 0. The lowest BCUT2D eigenvalue weighted by Gasteiger charge is -2.31. The lowest BCUT2D eigenvalue weighted by atomic mass is 9.76. The van der Waals surface area contributed by atoms with E-state index in [-0.39, 0.29) is 19.5 Å². The first-order valence-electron chi connectivity index (χ1n) is 7.45. The van der Waals surface area contributed by atoms with Gasteiger partial charge in [-0.05, 0) is 69.6 Å². The van der Waals surface area contributed by atoms with Gasteiger partial charge in [-0.15, -0.1) is 0 Å². The van der Waals surface area contributed by atoms with E-state index >= 15 is 0 Å². The van der Waals surface area contributed by atoms with Crippen LogP contribution in [0, 0.1) is 11.8 Å². The third-order valence-electron chi connectivity index (χ3n) is 4.77. The van der Waals surface area contributed by atoms with Crippen LogP contribution in [-0.2, 0) is 9.59 Å². The quantitative estimate of drug-likeness (QED) is 0.580. The monoisotopic (exact) mass is 278 g/mol. The number of hydrogen-bond acceptors (Lipinski definition) is 4. The van der Waals surface area contributed by atoms with Gasteiger partial charge in [-0.1, -0.05) is 7.43 Å². The van der Waals surface area contributed by atoms with Gasteiger partial charge in [0, 0.05) is 0 Å². The highest BCUT2D eigenvalue weighted by Gasteiger charge is 2.26. The molecule has 4 heteroatoms. The van der Waals surface area contributed by atoms with Crippen molar-refractivity contribution < 1.29 is 9.59 Å². The van der Waals surface area contributed by atoms with Gasteiger partial charge in [0.1, 0.15) is 0 Å². The minimum Gasteiger partial charge on any atom is -0.211 e. The second-order valence-corrected chi connectivity index (χ2v) is 6.03. The lowest BCUT2D eigenvalue weighted by molar-refractivity contribution is 0.226. The molecule has 0 amide bonds. The van der Waals surface area contributed by atoms with E-state index in [2.05, 4.69) is 9.98 Å². The third-order valence-corrected chi connectivity index (χ3v) is 4.77. The van der Waals surface area contributed by atoms with Crippen molar-refractivity contribution in [2.24, 2.45) is 21.8 Å². The van der Waals surface area contributed by atoms with Gasteiger partial charge in [-0.25, -0.2) is 19.6 Å². The highest BCUT2D eigenvalue weighted by molar-refractivity contribution is 5.33. The van der Waals surface area contributed by atoms with Crippen LogP contribution in [0.5, 0.6) is 0 Å². The van der Waals surface area contributed by atoms with Gasteiger partial charge in [0.15, 0.2) is 0 Å². The molecule has 2 aliphatic carbocycles. The molecule has 0 N–H and O–H groups in total. The van der Waals surface area contributed by atoms with Crippen LogP contribution < -0.4 is 0 Å². The van der Waals surface area contributed by atoms with Crippen molar-refractivity contribution in [3.8, 4) is 0 Å². The second-order valence-electron chi connectivity index (χ2n) is 6.03. The third kappa shape index (κ3) is 5.03. The molecule has 112 valence electrons. The number of rotatable bonds is 4. The number of nitrogens with zero attached hydrogens (tertiary/aromatic N) is 2.